The van der Waals surface area contributed by atoms with Gasteiger partial charge in [0.2, 0.25) is 0 Å². The molecule has 1 unspecified atom stereocenters. The van der Waals surface area contributed by atoms with Crippen LogP contribution in [0.4, 0.5) is 0 Å². The van der Waals surface area contributed by atoms with Crippen molar-refractivity contribution in [2.75, 3.05) is 18.6 Å². The van der Waals surface area contributed by atoms with Crippen molar-refractivity contribution in [1.82, 2.24) is 19.7 Å². The normalized spacial score (nSPS) is 12.1. The maximum Gasteiger partial charge on any atom is 0.257 e. The Morgan fingerprint density at radius 1 is 1.23 bits per heavy atom. The second-order valence-electron chi connectivity index (χ2n) is 5.85. The monoisotopic (exact) mass is 370 g/mol. The minimum atomic E-state index is -0.271. The molecule has 0 saturated heterocycles. The zero-order valence-electron chi connectivity index (χ0n) is 14.6. The molecular weight excluding hydrogens is 348 g/mol. The molecule has 136 valence electrons. The molecule has 7 heteroatoms. The first-order chi connectivity index (χ1) is 12.7. The van der Waals surface area contributed by atoms with Crippen LogP contribution in [-0.4, -0.2) is 50.0 Å². The lowest BCUT2D eigenvalue weighted by molar-refractivity contribution is 0.0915. The number of aliphatic hydroxyl groups is 1. The van der Waals surface area contributed by atoms with Gasteiger partial charge in [0.05, 0.1) is 24.5 Å². The van der Waals surface area contributed by atoms with Gasteiger partial charge in [-0.25, -0.2) is 4.68 Å². The lowest BCUT2D eigenvalue weighted by Gasteiger charge is -2.16. The van der Waals surface area contributed by atoms with E-state index in [1.54, 1.807) is 22.6 Å². The van der Waals surface area contributed by atoms with Gasteiger partial charge in [-0.2, -0.15) is 16.9 Å². The Morgan fingerprint density at radius 2 is 1.96 bits per heavy atom. The van der Waals surface area contributed by atoms with E-state index in [1.807, 2.05) is 65.7 Å². The van der Waals surface area contributed by atoms with E-state index in [4.69, 9.17) is 0 Å². The average molecular weight is 370 g/mol. The van der Waals surface area contributed by atoms with E-state index in [1.165, 1.54) is 0 Å². The van der Waals surface area contributed by atoms with E-state index in [0.29, 0.717) is 11.4 Å². The Hall–Kier alpha value is -2.51. The summed E-state index contributed by atoms with van der Waals surface area (Å²) < 4.78 is 3.61. The Balaban J connectivity index is 1.95. The van der Waals surface area contributed by atoms with E-state index in [9.17, 15) is 9.90 Å². The molecule has 0 aliphatic rings. The third-order valence-corrected chi connectivity index (χ3v) is 4.71. The number of nitrogens with one attached hydrogen (secondary N) is 1. The fraction of sp³-hybridized carbons (Fsp3) is 0.263. The number of nitrogens with zero attached hydrogens (tertiary/aromatic N) is 3. The highest BCUT2D eigenvalue weighted by molar-refractivity contribution is 7.98. The quantitative estimate of drug-likeness (QED) is 0.639. The molecule has 3 rings (SSSR count). The van der Waals surface area contributed by atoms with Crippen LogP contribution in [0.15, 0.2) is 61.1 Å². The topological polar surface area (TPSA) is 72.1 Å². The van der Waals surface area contributed by atoms with Crippen LogP contribution in [0.3, 0.4) is 0 Å². The summed E-state index contributed by atoms with van der Waals surface area (Å²) in [5.41, 5.74) is 1.34. The first-order valence-electron chi connectivity index (χ1n) is 8.42. The van der Waals surface area contributed by atoms with E-state index in [-0.39, 0.29) is 18.6 Å². The Labute approximate surface area is 156 Å². The van der Waals surface area contributed by atoms with E-state index < -0.39 is 0 Å². The summed E-state index contributed by atoms with van der Waals surface area (Å²) in [6.45, 7) is -0.0853. The SMILES string of the molecule is CSCCC(CO)NC(=O)c1cnn(-c2ccccc2)c1-n1cccc1. The molecule has 0 radical (unpaired) electrons. The van der Waals surface area contributed by atoms with Crippen LogP contribution in [-0.2, 0) is 0 Å². The Morgan fingerprint density at radius 3 is 2.62 bits per heavy atom. The average Bonchev–Trinajstić information content (AvgIpc) is 3.34. The van der Waals surface area contributed by atoms with Crippen LogP contribution in [0.2, 0.25) is 0 Å². The van der Waals surface area contributed by atoms with Gasteiger partial charge in [-0.1, -0.05) is 18.2 Å². The highest BCUT2D eigenvalue weighted by Gasteiger charge is 2.21. The van der Waals surface area contributed by atoms with Crippen LogP contribution in [0, 0.1) is 0 Å². The van der Waals surface area contributed by atoms with Crippen molar-refractivity contribution in [1.29, 1.82) is 0 Å². The number of carbonyl (C=O) groups excluding carboxylic acids is 1. The fourth-order valence-electron chi connectivity index (χ4n) is 2.72. The van der Waals surface area contributed by atoms with Crippen LogP contribution in [0.5, 0.6) is 0 Å². The number of benzene rings is 1. The Kier molecular flexibility index (Phi) is 6.14. The van der Waals surface area contributed by atoms with Gasteiger partial charge in [0.25, 0.3) is 5.91 Å². The molecule has 0 aliphatic heterocycles. The van der Waals surface area contributed by atoms with Gasteiger partial charge in [0.1, 0.15) is 5.56 Å². The maximum atomic E-state index is 12.8. The van der Waals surface area contributed by atoms with Gasteiger partial charge in [0.15, 0.2) is 5.82 Å². The first-order valence-corrected chi connectivity index (χ1v) is 9.81. The number of rotatable bonds is 8. The third kappa shape index (κ3) is 4.00. The molecule has 0 aliphatic carbocycles. The Bertz CT molecular complexity index is 831. The second kappa shape index (κ2) is 8.73. The maximum absolute atomic E-state index is 12.8. The number of thioether (sulfide) groups is 1. The molecule has 0 bridgehead atoms. The summed E-state index contributed by atoms with van der Waals surface area (Å²) in [4.78, 5) is 12.8. The van der Waals surface area contributed by atoms with Crippen LogP contribution in [0.1, 0.15) is 16.8 Å². The summed E-state index contributed by atoms with van der Waals surface area (Å²) >= 11 is 1.69. The smallest absolute Gasteiger partial charge is 0.257 e. The zero-order valence-corrected chi connectivity index (χ0v) is 15.4. The molecular formula is C19H22N4O2S. The van der Waals surface area contributed by atoms with Crippen molar-refractivity contribution >= 4 is 17.7 Å². The number of hydrogen-bond acceptors (Lipinski definition) is 4. The molecule has 2 N–H and O–H groups in total. The summed E-state index contributed by atoms with van der Waals surface area (Å²) in [7, 11) is 0. The van der Waals surface area contributed by atoms with Gasteiger partial charge in [-0.15, -0.1) is 0 Å². The highest BCUT2D eigenvalue weighted by Crippen LogP contribution is 2.20. The largest absolute Gasteiger partial charge is 0.394 e. The molecule has 3 aromatic rings. The molecule has 0 saturated carbocycles. The zero-order chi connectivity index (χ0) is 18.4. The molecule has 26 heavy (non-hydrogen) atoms. The van der Waals surface area contributed by atoms with E-state index in [0.717, 1.165) is 17.9 Å². The fourth-order valence-corrected chi connectivity index (χ4v) is 3.24. The first kappa shape index (κ1) is 18.3. The van der Waals surface area contributed by atoms with Crippen molar-refractivity contribution in [2.45, 2.75) is 12.5 Å². The van der Waals surface area contributed by atoms with Crippen molar-refractivity contribution in [2.24, 2.45) is 0 Å². The van der Waals surface area contributed by atoms with Gasteiger partial charge in [0, 0.05) is 12.4 Å². The standard InChI is InChI=1S/C19H22N4O2S/c1-26-12-9-15(14-24)21-18(25)17-13-20-23(16-7-3-2-4-8-16)19(17)22-10-5-6-11-22/h2-8,10-11,13,15,24H,9,12,14H2,1H3,(H,21,25). The molecule has 1 aromatic carbocycles. The van der Waals surface area contributed by atoms with Crippen LogP contribution >= 0.6 is 11.8 Å². The molecule has 6 nitrogen and oxygen atoms in total. The lowest BCUT2D eigenvalue weighted by atomic mass is 10.2. The minimum absolute atomic E-state index is 0.0853. The summed E-state index contributed by atoms with van der Waals surface area (Å²) in [6.07, 6.45) is 8.05. The van der Waals surface area contributed by atoms with Crippen molar-refractivity contribution in [3.63, 3.8) is 0 Å². The van der Waals surface area contributed by atoms with Gasteiger partial charge < -0.3 is 15.0 Å². The second-order valence-corrected chi connectivity index (χ2v) is 6.84. The summed E-state index contributed by atoms with van der Waals surface area (Å²) in [5.74, 6) is 1.30. The third-order valence-electron chi connectivity index (χ3n) is 4.06. The van der Waals surface area contributed by atoms with Crippen LogP contribution in [0.25, 0.3) is 11.5 Å². The number of carbonyl (C=O) groups is 1. The number of aromatic nitrogens is 3. The van der Waals surface area contributed by atoms with E-state index >= 15 is 0 Å². The van der Waals surface area contributed by atoms with Gasteiger partial charge in [-0.05, 0) is 42.7 Å². The van der Waals surface area contributed by atoms with Gasteiger partial charge >= 0.3 is 0 Å². The minimum Gasteiger partial charge on any atom is -0.394 e. The van der Waals surface area contributed by atoms with Crippen molar-refractivity contribution in [3.8, 4) is 11.5 Å². The molecule has 2 heterocycles. The number of hydrogen-bond donors (Lipinski definition) is 2. The van der Waals surface area contributed by atoms with Crippen molar-refractivity contribution in [3.05, 3.63) is 66.6 Å². The molecule has 2 aromatic heterocycles. The number of para-hydroxylation sites is 1. The molecule has 1 amide bonds. The highest BCUT2D eigenvalue weighted by atomic mass is 32.2. The number of aliphatic hydroxyl groups excluding tert-OH is 1. The molecule has 0 spiro atoms. The number of amides is 1. The molecule has 1 atom stereocenters. The predicted octanol–water partition coefficient (Wildman–Crippen LogP) is 2.51. The molecule has 0 fully saturated rings. The summed E-state index contributed by atoms with van der Waals surface area (Å²) in [6, 6.07) is 13.2. The van der Waals surface area contributed by atoms with Gasteiger partial charge in [-0.3, -0.25) is 4.79 Å². The predicted molar refractivity (Wildman–Crippen MR) is 104 cm³/mol. The van der Waals surface area contributed by atoms with Crippen LogP contribution < -0.4 is 5.32 Å². The van der Waals surface area contributed by atoms with Crippen molar-refractivity contribution < 1.29 is 9.90 Å². The lowest BCUT2D eigenvalue weighted by Crippen LogP contribution is -2.38. The van der Waals surface area contributed by atoms with E-state index in [2.05, 4.69) is 10.4 Å². The summed E-state index contributed by atoms with van der Waals surface area (Å²) in [5, 5.41) is 16.9.